The molecule has 0 radical (unpaired) electrons. The molecule has 0 fully saturated rings. The summed E-state index contributed by atoms with van der Waals surface area (Å²) in [6, 6.07) is 43.7. The third-order valence-corrected chi connectivity index (χ3v) is 8.19. The zero-order valence-corrected chi connectivity index (χ0v) is 25.9. The highest BCUT2D eigenvalue weighted by Gasteiger charge is 2.13. The first-order valence-electron chi connectivity index (χ1n) is 15.4. The summed E-state index contributed by atoms with van der Waals surface area (Å²) in [6.45, 7) is 12.3. The summed E-state index contributed by atoms with van der Waals surface area (Å²) >= 11 is 0. The van der Waals surface area contributed by atoms with Gasteiger partial charge in [0.25, 0.3) is 0 Å². The molecule has 0 atom stereocenters. The van der Waals surface area contributed by atoms with Crippen LogP contribution in [0.15, 0.2) is 188 Å². The van der Waals surface area contributed by atoms with Gasteiger partial charge in [-0.2, -0.15) is 0 Å². The van der Waals surface area contributed by atoms with Crippen molar-refractivity contribution < 1.29 is 0 Å². The minimum absolute atomic E-state index is 0.982. The molecule has 1 heterocycles. The van der Waals surface area contributed by atoms with Crippen LogP contribution < -0.4 is 0 Å². The van der Waals surface area contributed by atoms with Gasteiger partial charge >= 0.3 is 0 Å². The van der Waals surface area contributed by atoms with Crippen LogP contribution in [0, 0.1) is 0 Å². The van der Waals surface area contributed by atoms with Crippen LogP contribution in [-0.2, 0) is 0 Å². The molecule has 6 aromatic rings. The van der Waals surface area contributed by atoms with E-state index in [0.29, 0.717) is 0 Å². The summed E-state index contributed by atoms with van der Waals surface area (Å²) in [7, 11) is 0. The summed E-state index contributed by atoms with van der Waals surface area (Å²) in [5, 5.41) is 2.51. The number of para-hydroxylation sites is 2. The summed E-state index contributed by atoms with van der Waals surface area (Å²) in [5.74, 6) is 0. The average Bonchev–Trinajstić information content (AvgIpc) is 3.42. The predicted octanol–water partition coefficient (Wildman–Crippen LogP) is 12.3. The maximum atomic E-state index is 4.25. The van der Waals surface area contributed by atoms with Crippen LogP contribution in [0.1, 0.15) is 19.4 Å². The van der Waals surface area contributed by atoms with E-state index >= 15 is 0 Å². The van der Waals surface area contributed by atoms with Gasteiger partial charge in [0.2, 0.25) is 0 Å². The number of benzene rings is 5. The van der Waals surface area contributed by atoms with E-state index in [0.717, 1.165) is 22.3 Å². The lowest BCUT2D eigenvalue weighted by molar-refractivity contribution is 1.18. The molecule has 0 N–H and O–H groups in total. The number of hydrogen-bond acceptors (Lipinski definition) is 0. The highest BCUT2D eigenvalue weighted by molar-refractivity contribution is 6.10. The standard InChI is InChI=1S/C44H37N/c1-5-7-9-17-32(3)33(4)28-34(16-6-2)35-18-14-19-36(29-35)37-20-15-21-38(30-37)39-26-27-44-42(31-39)41-24-12-13-25-43(41)45(44)40-22-10-8-11-23-40/h5-31H,2-3H2,1,4H3/b7-5-,17-9-,33-28+,34-16+. The Morgan fingerprint density at radius 3 is 2.07 bits per heavy atom. The van der Waals surface area contributed by atoms with Crippen molar-refractivity contribution >= 4 is 27.4 Å². The van der Waals surface area contributed by atoms with Gasteiger partial charge in [-0.3, -0.25) is 0 Å². The molecule has 0 spiro atoms. The molecule has 0 aliphatic carbocycles. The number of allylic oxidation sites excluding steroid dienone is 10. The Hall–Kier alpha value is -5.66. The van der Waals surface area contributed by atoms with Crippen molar-refractivity contribution in [1.29, 1.82) is 0 Å². The van der Waals surface area contributed by atoms with E-state index in [4.69, 9.17) is 0 Å². The largest absolute Gasteiger partial charge is 0.309 e. The van der Waals surface area contributed by atoms with E-state index in [2.05, 4.69) is 158 Å². The predicted molar refractivity (Wildman–Crippen MR) is 197 cm³/mol. The molecule has 0 bridgehead atoms. The highest BCUT2D eigenvalue weighted by Crippen LogP contribution is 2.36. The first kappa shape index (κ1) is 29.4. The summed E-state index contributed by atoms with van der Waals surface area (Å²) in [4.78, 5) is 0. The number of aromatic nitrogens is 1. The van der Waals surface area contributed by atoms with E-state index in [9.17, 15) is 0 Å². The minimum Gasteiger partial charge on any atom is -0.309 e. The number of fused-ring (bicyclic) bond motifs is 3. The Morgan fingerprint density at radius 1 is 0.644 bits per heavy atom. The molecule has 1 aromatic heterocycles. The summed E-state index contributed by atoms with van der Waals surface area (Å²) < 4.78 is 2.36. The zero-order valence-electron chi connectivity index (χ0n) is 25.9. The number of hydrogen-bond donors (Lipinski definition) is 0. The Kier molecular flexibility index (Phi) is 8.71. The molecule has 0 saturated heterocycles. The molecular formula is C44H37N. The van der Waals surface area contributed by atoms with Crippen molar-refractivity contribution in [3.8, 4) is 27.9 Å². The first-order valence-corrected chi connectivity index (χ1v) is 15.4. The summed E-state index contributed by atoms with van der Waals surface area (Å²) in [6.07, 6.45) is 14.2. The second-order valence-corrected chi connectivity index (χ2v) is 11.2. The fourth-order valence-electron chi connectivity index (χ4n) is 5.86. The monoisotopic (exact) mass is 579 g/mol. The first-order chi connectivity index (χ1) is 22.1. The van der Waals surface area contributed by atoms with E-state index in [-0.39, 0.29) is 0 Å². The molecule has 6 rings (SSSR count). The smallest absolute Gasteiger partial charge is 0.0541 e. The average molecular weight is 580 g/mol. The quantitative estimate of drug-likeness (QED) is 0.150. The van der Waals surface area contributed by atoms with Crippen molar-refractivity contribution in [2.75, 3.05) is 0 Å². The van der Waals surface area contributed by atoms with Crippen molar-refractivity contribution in [2.24, 2.45) is 0 Å². The zero-order chi connectivity index (χ0) is 31.2. The third kappa shape index (κ3) is 6.20. The lowest BCUT2D eigenvalue weighted by Crippen LogP contribution is -1.92. The van der Waals surface area contributed by atoms with Crippen LogP contribution in [0.3, 0.4) is 0 Å². The van der Waals surface area contributed by atoms with Crippen LogP contribution in [0.2, 0.25) is 0 Å². The topological polar surface area (TPSA) is 4.93 Å². The van der Waals surface area contributed by atoms with Gasteiger partial charge in [-0.25, -0.2) is 0 Å². The van der Waals surface area contributed by atoms with E-state index in [1.807, 2.05) is 37.3 Å². The Labute approximate surface area is 266 Å². The van der Waals surface area contributed by atoms with Gasteiger partial charge in [0.1, 0.15) is 0 Å². The molecule has 0 amide bonds. The van der Waals surface area contributed by atoms with Crippen LogP contribution in [0.25, 0.3) is 55.3 Å². The number of rotatable bonds is 9. The van der Waals surface area contributed by atoms with Gasteiger partial charge in [0, 0.05) is 16.5 Å². The van der Waals surface area contributed by atoms with Crippen LogP contribution >= 0.6 is 0 Å². The molecule has 0 unspecified atom stereocenters. The molecule has 1 nitrogen and oxygen atoms in total. The number of nitrogens with zero attached hydrogens (tertiary/aromatic N) is 1. The van der Waals surface area contributed by atoms with Gasteiger partial charge in [-0.1, -0.05) is 135 Å². The highest BCUT2D eigenvalue weighted by atomic mass is 15.0. The normalized spacial score (nSPS) is 12.5. The van der Waals surface area contributed by atoms with Gasteiger partial charge in [-0.05, 0) is 101 Å². The molecule has 0 aliphatic rings. The van der Waals surface area contributed by atoms with Crippen molar-refractivity contribution in [3.05, 3.63) is 194 Å². The molecule has 45 heavy (non-hydrogen) atoms. The lowest BCUT2D eigenvalue weighted by Gasteiger charge is -2.11. The Morgan fingerprint density at radius 2 is 1.31 bits per heavy atom. The van der Waals surface area contributed by atoms with E-state index < -0.39 is 0 Å². The van der Waals surface area contributed by atoms with Crippen LogP contribution in [0.5, 0.6) is 0 Å². The second kappa shape index (κ2) is 13.3. The summed E-state index contributed by atoms with van der Waals surface area (Å²) in [5.41, 5.74) is 12.7. The Bertz CT molecular complexity index is 2140. The van der Waals surface area contributed by atoms with E-state index in [1.165, 1.54) is 49.7 Å². The van der Waals surface area contributed by atoms with Crippen LogP contribution in [0.4, 0.5) is 0 Å². The Balaban J connectivity index is 1.37. The third-order valence-electron chi connectivity index (χ3n) is 8.19. The van der Waals surface area contributed by atoms with Crippen LogP contribution in [-0.4, -0.2) is 4.57 Å². The fourth-order valence-corrected chi connectivity index (χ4v) is 5.86. The molecule has 0 aliphatic heterocycles. The molecule has 0 saturated carbocycles. The van der Waals surface area contributed by atoms with Crippen molar-refractivity contribution in [1.82, 2.24) is 4.57 Å². The van der Waals surface area contributed by atoms with Gasteiger partial charge in [-0.15, -0.1) is 0 Å². The maximum Gasteiger partial charge on any atom is 0.0541 e. The second-order valence-electron chi connectivity index (χ2n) is 11.2. The molecule has 218 valence electrons. The van der Waals surface area contributed by atoms with Crippen molar-refractivity contribution in [2.45, 2.75) is 13.8 Å². The van der Waals surface area contributed by atoms with Gasteiger partial charge < -0.3 is 4.57 Å². The molecular weight excluding hydrogens is 542 g/mol. The minimum atomic E-state index is 0.982. The lowest BCUT2D eigenvalue weighted by atomic mass is 9.94. The van der Waals surface area contributed by atoms with Gasteiger partial charge in [0.15, 0.2) is 0 Å². The SMILES string of the molecule is C=C/C=C(\C=C(/C)C(=C)/C=C\C=C/C)c1cccc(-c2cccc(-c3ccc4c(c3)c3ccccc3n4-c3ccccc3)c2)c1. The molecule has 1 heteroatoms. The maximum absolute atomic E-state index is 4.25. The van der Waals surface area contributed by atoms with E-state index in [1.54, 1.807) is 0 Å². The van der Waals surface area contributed by atoms with Gasteiger partial charge in [0.05, 0.1) is 11.0 Å². The fraction of sp³-hybridized carbons (Fsp3) is 0.0455. The van der Waals surface area contributed by atoms with Crippen molar-refractivity contribution in [3.63, 3.8) is 0 Å². The molecule has 5 aromatic carbocycles.